The maximum absolute atomic E-state index is 12.2. The number of aliphatic hydroxyl groups excluding tert-OH is 2. The van der Waals surface area contributed by atoms with Crippen molar-refractivity contribution in [1.29, 1.82) is 0 Å². The Morgan fingerprint density at radius 1 is 1.14 bits per heavy atom. The molecule has 0 aliphatic carbocycles. The largest absolute Gasteiger partial charge is 0.490 e. The van der Waals surface area contributed by atoms with Gasteiger partial charge in [0.25, 0.3) is 5.91 Å². The van der Waals surface area contributed by atoms with Crippen molar-refractivity contribution in [1.82, 2.24) is 9.55 Å². The molecule has 2 aromatic carbocycles. The van der Waals surface area contributed by atoms with E-state index in [1.807, 2.05) is 41.8 Å². The number of ether oxygens (including phenoxy) is 2. The molecule has 0 unspecified atom stereocenters. The number of thiophene rings is 1. The molecule has 1 amide bonds. The molecule has 10 heteroatoms. The predicted octanol–water partition coefficient (Wildman–Crippen LogP) is 4.49. The minimum Gasteiger partial charge on any atom is -0.490 e. The number of carbonyl (C=O) groups is 1. The molecule has 0 spiro atoms. The van der Waals surface area contributed by atoms with Gasteiger partial charge in [0, 0.05) is 48.8 Å². The van der Waals surface area contributed by atoms with Crippen molar-refractivity contribution in [3.63, 3.8) is 0 Å². The van der Waals surface area contributed by atoms with Crippen LogP contribution in [0.2, 0.25) is 5.02 Å². The van der Waals surface area contributed by atoms with Gasteiger partial charge in [0.15, 0.2) is 0 Å². The number of rotatable bonds is 11. The van der Waals surface area contributed by atoms with Crippen molar-refractivity contribution in [3.05, 3.63) is 70.3 Å². The number of fused-ring (bicyclic) bond motifs is 1. The summed E-state index contributed by atoms with van der Waals surface area (Å²) in [7, 11) is 0. The fraction of sp³-hybridized carbons (Fsp3) is 0.280. The van der Waals surface area contributed by atoms with Crippen molar-refractivity contribution in [2.45, 2.75) is 32.0 Å². The van der Waals surface area contributed by atoms with Crippen LogP contribution in [0.3, 0.4) is 0 Å². The topological polar surface area (TPSA) is 120 Å². The molecule has 4 N–H and O–H groups in total. The van der Waals surface area contributed by atoms with E-state index in [1.165, 1.54) is 11.3 Å². The lowest BCUT2D eigenvalue weighted by atomic mass is 10.1. The van der Waals surface area contributed by atoms with E-state index >= 15 is 0 Å². The number of aromatic nitrogens is 2. The minimum absolute atomic E-state index is 0.0364. The first kappa shape index (κ1) is 25.0. The van der Waals surface area contributed by atoms with Crippen LogP contribution >= 0.6 is 22.9 Å². The zero-order chi connectivity index (χ0) is 24.9. The first-order chi connectivity index (χ1) is 16.9. The second-order valence-electron chi connectivity index (χ2n) is 7.95. The third kappa shape index (κ3) is 5.59. The van der Waals surface area contributed by atoms with E-state index in [9.17, 15) is 15.0 Å². The van der Waals surface area contributed by atoms with Crippen molar-refractivity contribution in [2.75, 3.05) is 13.2 Å². The molecule has 8 nitrogen and oxygen atoms in total. The molecule has 184 valence electrons. The molecular weight excluding hydrogens is 490 g/mol. The molecule has 0 saturated heterocycles. The highest BCUT2D eigenvalue weighted by Gasteiger charge is 2.21. The molecule has 0 aliphatic heterocycles. The molecular formula is C25H26ClN3O5S. The van der Waals surface area contributed by atoms with Gasteiger partial charge in [0.1, 0.15) is 39.9 Å². The molecule has 4 aromatic rings. The maximum atomic E-state index is 12.2. The second-order valence-corrected chi connectivity index (χ2v) is 9.39. The summed E-state index contributed by atoms with van der Waals surface area (Å²) < 4.78 is 13.9. The molecule has 0 aliphatic rings. The molecule has 35 heavy (non-hydrogen) atoms. The number of carbonyl (C=O) groups excluding carboxylic acids is 1. The SMILES string of the molecule is C[C@@H](Oc1cc(-n2cnc3ccc(OC(CCO)CCO)cc32)sc1C(N)=O)c1ccccc1Cl. The van der Waals surface area contributed by atoms with Crippen LogP contribution in [-0.4, -0.2) is 45.0 Å². The molecule has 0 fully saturated rings. The van der Waals surface area contributed by atoms with Gasteiger partial charge < -0.3 is 25.4 Å². The van der Waals surface area contributed by atoms with Crippen LogP contribution in [0.1, 0.15) is 41.1 Å². The lowest BCUT2D eigenvalue weighted by Crippen LogP contribution is -2.19. The number of halogens is 1. The smallest absolute Gasteiger partial charge is 0.262 e. The summed E-state index contributed by atoms with van der Waals surface area (Å²) >= 11 is 7.51. The van der Waals surface area contributed by atoms with Gasteiger partial charge >= 0.3 is 0 Å². The summed E-state index contributed by atoms with van der Waals surface area (Å²) in [5, 5.41) is 19.8. The lowest BCUT2D eigenvalue weighted by Gasteiger charge is -2.17. The average molecular weight is 516 g/mol. The Morgan fingerprint density at radius 2 is 1.89 bits per heavy atom. The van der Waals surface area contributed by atoms with E-state index in [4.69, 9.17) is 26.8 Å². The normalized spacial score (nSPS) is 12.3. The quantitative estimate of drug-likeness (QED) is 0.271. The van der Waals surface area contributed by atoms with Gasteiger partial charge in [-0.05, 0) is 25.1 Å². The van der Waals surface area contributed by atoms with Crippen molar-refractivity contribution < 1.29 is 24.5 Å². The third-order valence-electron chi connectivity index (χ3n) is 5.52. The van der Waals surface area contributed by atoms with Crippen molar-refractivity contribution in [3.8, 4) is 16.5 Å². The zero-order valence-corrected chi connectivity index (χ0v) is 20.6. The highest BCUT2D eigenvalue weighted by atomic mass is 35.5. The highest BCUT2D eigenvalue weighted by Crippen LogP contribution is 2.37. The van der Waals surface area contributed by atoms with E-state index in [2.05, 4.69) is 4.98 Å². The Labute approximate surface area is 211 Å². The third-order valence-corrected chi connectivity index (χ3v) is 6.99. The van der Waals surface area contributed by atoms with Crippen molar-refractivity contribution >= 4 is 39.9 Å². The van der Waals surface area contributed by atoms with Crippen molar-refractivity contribution in [2.24, 2.45) is 5.73 Å². The van der Waals surface area contributed by atoms with E-state index in [-0.39, 0.29) is 19.3 Å². The fourth-order valence-electron chi connectivity index (χ4n) is 3.78. The number of hydrogen-bond donors (Lipinski definition) is 3. The summed E-state index contributed by atoms with van der Waals surface area (Å²) in [6.07, 6.45) is 1.77. The van der Waals surface area contributed by atoms with Gasteiger partial charge in [0.2, 0.25) is 0 Å². The van der Waals surface area contributed by atoms with Crippen LogP contribution in [0.4, 0.5) is 0 Å². The van der Waals surface area contributed by atoms with E-state index < -0.39 is 12.0 Å². The molecule has 0 radical (unpaired) electrons. The van der Waals surface area contributed by atoms with Crippen LogP contribution in [0, 0.1) is 0 Å². The van der Waals surface area contributed by atoms with Gasteiger partial charge in [-0.25, -0.2) is 4.98 Å². The summed E-state index contributed by atoms with van der Waals surface area (Å²) in [4.78, 5) is 16.9. The number of imidazole rings is 1. The van der Waals surface area contributed by atoms with E-state index in [0.717, 1.165) is 16.6 Å². The number of nitrogens with two attached hydrogens (primary N) is 1. The number of amides is 1. The standard InChI is InChI=1S/C25H26ClN3O5S/c1-15(18-4-2-3-5-19(18)26)33-22-13-23(35-24(22)25(27)32)29-14-28-20-7-6-17(12-21(20)29)34-16(8-10-30)9-11-31/h2-7,12-16,30-31H,8-11H2,1H3,(H2,27,32)/t15-/m1/s1. The Morgan fingerprint density at radius 3 is 2.57 bits per heavy atom. The van der Waals surface area contributed by atoms with Gasteiger partial charge in [-0.1, -0.05) is 29.8 Å². The molecule has 1 atom stereocenters. The average Bonchev–Trinajstić information content (AvgIpc) is 3.43. The molecule has 4 rings (SSSR count). The number of primary amides is 1. The van der Waals surface area contributed by atoms with Gasteiger partial charge in [-0.15, -0.1) is 11.3 Å². The molecule has 2 heterocycles. The Bertz CT molecular complexity index is 1320. The highest BCUT2D eigenvalue weighted by molar-refractivity contribution is 7.16. The maximum Gasteiger partial charge on any atom is 0.262 e. The van der Waals surface area contributed by atoms with E-state index in [0.29, 0.717) is 39.2 Å². The number of hydrogen-bond acceptors (Lipinski definition) is 7. The van der Waals surface area contributed by atoms with Crippen LogP contribution in [-0.2, 0) is 0 Å². The van der Waals surface area contributed by atoms with Crippen LogP contribution in [0.15, 0.2) is 54.9 Å². The number of benzene rings is 2. The Kier molecular flexibility index (Phi) is 7.92. The summed E-state index contributed by atoms with van der Waals surface area (Å²) in [6.45, 7) is 1.78. The first-order valence-corrected chi connectivity index (χ1v) is 12.3. The van der Waals surface area contributed by atoms with Crippen LogP contribution in [0.25, 0.3) is 16.0 Å². The second kappa shape index (κ2) is 11.1. The molecule has 0 saturated carbocycles. The summed E-state index contributed by atoms with van der Waals surface area (Å²) in [6, 6.07) is 14.6. The summed E-state index contributed by atoms with van der Waals surface area (Å²) in [5.74, 6) is 0.360. The number of nitrogens with zero attached hydrogens (tertiary/aromatic N) is 2. The van der Waals surface area contributed by atoms with Crippen LogP contribution in [0.5, 0.6) is 11.5 Å². The Balaban J connectivity index is 1.66. The summed E-state index contributed by atoms with van der Waals surface area (Å²) in [5.41, 5.74) is 7.95. The van der Waals surface area contributed by atoms with Gasteiger partial charge in [-0.2, -0.15) is 0 Å². The van der Waals surface area contributed by atoms with Crippen LogP contribution < -0.4 is 15.2 Å². The molecule has 2 aromatic heterocycles. The number of aliphatic hydroxyl groups is 2. The fourth-order valence-corrected chi connectivity index (χ4v) is 4.99. The predicted molar refractivity (Wildman–Crippen MR) is 136 cm³/mol. The molecule has 0 bridgehead atoms. The van der Waals surface area contributed by atoms with Gasteiger partial charge in [0.05, 0.1) is 11.0 Å². The zero-order valence-electron chi connectivity index (χ0n) is 19.1. The minimum atomic E-state index is -0.591. The van der Waals surface area contributed by atoms with Gasteiger partial charge in [-0.3, -0.25) is 9.36 Å². The lowest BCUT2D eigenvalue weighted by molar-refractivity contribution is 0.0998. The van der Waals surface area contributed by atoms with E-state index in [1.54, 1.807) is 24.5 Å². The first-order valence-electron chi connectivity index (χ1n) is 11.1. The Hall–Kier alpha value is -3.11. The monoisotopic (exact) mass is 515 g/mol.